The number of rotatable bonds is 2. The monoisotopic (exact) mass is 298 g/mol. The van der Waals surface area contributed by atoms with E-state index in [1.165, 1.54) is 0 Å². The number of ether oxygens (including phenoxy) is 1. The zero-order valence-corrected chi connectivity index (χ0v) is 12.4. The lowest BCUT2D eigenvalue weighted by Crippen LogP contribution is -2.28. The molecular weight excluding hydrogens is 284 g/mol. The molecule has 1 N–H and O–H groups in total. The van der Waals surface area contributed by atoms with E-state index in [0.29, 0.717) is 23.1 Å². The molecular formula is C17H15ClN2O. The van der Waals surface area contributed by atoms with E-state index in [1.807, 2.05) is 24.3 Å². The van der Waals surface area contributed by atoms with Gasteiger partial charge in [-0.1, -0.05) is 36.7 Å². The minimum Gasteiger partial charge on any atom is -0.493 e. The molecule has 1 heterocycles. The van der Waals surface area contributed by atoms with Crippen LogP contribution in [0.15, 0.2) is 42.5 Å². The van der Waals surface area contributed by atoms with Gasteiger partial charge in [-0.2, -0.15) is 5.26 Å². The molecule has 2 atom stereocenters. The van der Waals surface area contributed by atoms with Crippen LogP contribution in [0.25, 0.3) is 0 Å². The lowest BCUT2D eigenvalue weighted by molar-refractivity contribution is 0.214. The second-order valence-corrected chi connectivity index (χ2v) is 5.66. The van der Waals surface area contributed by atoms with Gasteiger partial charge >= 0.3 is 0 Å². The molecule has 1 aliphatic rings. The van der Waals surface area contributed by atoms with Crippen molar-refractivity contribution in [3.05, 3.63) is 58.6 Å². The Labute approximate surface area is 129 Å². The Kier molecular flexibility index (Phi) is 3.72. The summed E-state index contributed by atoms with van der Waals surface area (Å²) in [6.45, 7) is 2.82. The number of nitrogens with one attached hydrogen (secondary N) is 1. The van der Waals surface area contributed by atoms with E-state index in [2.05, 4.69) is 24.4 Å². The average molecular weight is 299 g/mol. The summed E-state index contributed by atoms with van der Waals surface area (Å²) in [6, 6.07) is 15.7. The molecule has 3 rings (SSSR count). The lowest BCUT2D eigenvalue weighted by Gasteiger charge is -2.32. The highest BCUT2D eigenvalue weighted by Gasteiger charge is 2.27. The molecule has 21 heavy (non-hydrogen) atoms. The number of anilines is 1. The average Bonchev–Trinajstić information content (AvgIpc) is 2.52. The van der Waals surface area contributed by atoms with Gasteiger partial charge in [-0.05, 0) is 24.3 Å². The number of halogens is 1. The number of nitrogens with zero attached hydrogens (tertiary/aromatic N) is 1. The van der Waals surface area contributed by atoms with E-state index >= 15 is 0 Å². The van der Waals surface area contributed by atoms with Gasteiger partial charge in [-0.15, -0.1) is 0 Å². The van der Waals surface area contributed by atoms with Crippen LogP contribution in [0.1, 0.15) is 24.1 Å². The van der Waals surface area contributed by atoms with Gasteiger partial charge in [0.15, 0.2) is 0 Å². The molecule has 0 fully saturated rings. The topological polar surface area (TPSA) is 45.0 Å². The van der Waals surface area contributed by atoms with Gasteiger partial charge in [-0.25, -0.2) is 0 Å². The summed E-state index contributed by atoms with van der Waals surface area (Å²) in [6.07, 6.45) is 0. The Hall–Kier alpha value is -2.18. The van der Waals surface area contributed by atoms with Crippen molar-refractivity contribution in [2.24, 2.45) is 5.92 Å². The van der Waals surface area contributed by atoms with Crippen molar-refractivity contribution in [3.8, 4) is 11.8 Å². The summed E-state index contributed by atoms with van der Waals surface area (Å²) in [5.41, 5.74) is 2.52. The van der Waals surface area contributed by atoms with Crippen LogP contribution < -0.4 is 10.1 Å². The maximum absolute atomic E-state index is 9.08. The normalized spacial score (nSPS) is 20.0. The number of hydrogen-bond acceptors (Lipinski definition) is 3. The zero-order chi connectivity index (χ0) is 14.8. The molecule has 2 aromatic rings. The summed E-state index contributed by atoms with van der Waals surface area (Å²) in [5, 5.41) is 13.1. The minimum atomic E-state index is 0.155. The van der Waals surface area contributed by atoms with E-state index in [0.717, 1.165) is 17.0 Å². The third-order valence-electron chi connectivity index (χ3n) is 3.73. The Morgan fingerprint density at radius 1 is 1.29 bits per heavy atom. The van der Waals surface area contributed by atoms with Crippen molar-refractivity contribution in [2.45, 2.75) is 13.0 Å². The highest BCUT2D eigenvalue weighted by atomic mass is 35.5. The van der Waals surface area contributed by atoms with Gasteiger partial charge in [-0.3, -0.25) is 0 Å². The number of benzene rings is 2. The molecule has 0 aromatic heterocycles. The summed E-state index contributed by atoms with van der Waals surface area (Å²) >= 11 is 5.98. The van der Waals surface area contributed by atoms with Gasteiger partial charge in [0.25, 0.3) is 0 Å². The first-order valence-corrected chi connectivity index (χ1v) is 7.25. The van der Waals surface area contributed by atoms with Crippen LogP contribution in [0.2, 0.25) is 5.02 Å². The number of hydrogen-bond donors (Lipinski definition) is 1. The Balaban J connectivity index is 1.93. The fraction of sp³-hybridized carbons (Fsp3) is 0.235. The number of para-hydroxylation sites is 1. The van der Waals surface area contributed by atoms with E-state index in [1.54, 1.807) is 12.1 Å². The molecule has 3 nitrogen and oxygen atoms in total. The quantitative estimate of drug-likeness (QED) is 0.894. The number of fused-ring (bicyclic) bond motifs is 1. The van der Waals surface area contributed by atoms with E-state index in [9.17, 15) is 0 Å². The van der Waals surface area contributed by atoms with Crippen molar-refractivity contribution in [2.75, 3.05) is 11.9 Å². The van der Waals surface area contributed by atoms with Crippen molar-refractivity contribution in [3.63, 3.8) is 0 Å². The molecule has 1 aliphatic heterocycles. The van der Waals surface area contributed by atoms with E-state index in [-0.39, 0.29) is 6.04 Å². The second kappa shape index (κ2) is 5.67. The first-order chi connectivity index (χ1) is 10.2. The molecule has 0 spiro atoms. The Morgan fingerprint density at radius 3 is 2.90 bits per heavy atom. The lowest BCUT2D eigenvalue weighted by atomic mass is 9.91. The van der Waals surface area contributed by atoms with Crippen molar-refractivity contribution in [1.82, 2.24) is 0 Å². The molecule has 0 bridgehead atoms. The molecule has 0 aliphatic carbocycles. The summed E-state index contributed by atoms with van der Waals surface area (Å²) < 4.78 is 5.75. The standard InChI is InChI=1S/C17H15ClN2O/c1-11-10-21-16-5-3-2-4-14(16)17(11)20-13-6-7-15(18)12(8-13)9-19/h2-8,11,17,20H,10H2,1H3. The first kappa shape index (κ1) is 13.8. The van der Waals surface area contributed by atoms with Crippen LogP contribution in [-0.4, -0.2) is 6.61 Å². The minimum absolute atomic E-state index is 0.155. The van der Waals surface area contributed by atoms with Gasteiger partial charge in [0.1, 0.15) is 11.8 Å². The largest absolute Gasteiger partial charge is 0.493 e. The molecule has 0 saturated heterocycles. The van der Waals surface area contributed by atoms with Gasteiger partial charge in [0, 0.05) is 17.2 Å². The Morgan fingerprint density at radius 2 is 2.10 bits per heavy atom. The first-order valence-electron chi connectivity index (χ1n) is 6.87. The smallest absolute Gasteiger partial charge is 0.124 e. The van der Waals surface area contributed by atoms with Crippen molar-refractivity contribution >= 4 is 17.3 Å². The summed E-state index contributed by atoms with van der Waals surface area (Å²) in [7, 11) is 0. The SMILES string of the molecule is CC1COc2ccccc2C1Nc1ccc(Cl)c(C#N)c1. The zero-order valence-electron chi connectivity index (χ0n) is 11.6. The van der Waals surface area contributed by atoms with Gasteiger partial charge in [0.05, 0.1) is 23.2 Å². The van der Waals surface area contributed by atoms with Crippen LogP contribution in [0.5, 0.6) is 5.75 Å². The maximum Gasteiger partial charge on any atom is 0.124 e. The molecule has 4 heteroatoms. The third kappa shape index (κ3) is 2.68. The molecule has 2 aromatic carbocycles. The predicted molar refractivity (Wildman–Crippen MR) is 83.6 cm³/mol. The summed E-state index contributed by atoms with van der Waals surface area (Å²) in [4.78, 5) is 0. The van der Waals surface area contributed by atoms with Crippen LogP contribution in [0.3, 0.4) is 0 Å². The van der Waals surface area contributed by atoms with Crippen LogP contribution in [0, 0.1) is 17.2 Å². The van der Waals surface area contributed by atoms with E-state index in [4.69, 9.17) is 21.6 Å². The molecule has 106 valence electrons. The van der Waals surface area contributed by atoms with Crippen LogP contribution in [0.4, 0.5) is 5.69 Å². The fourth-order valence-corrected chi connectivity index (χ4v) is 2.75. The second-order valence-electron chi connectivity index (χ2n) is 5.25. The number of nitriles is 1. The Bertz CT molecular complexity index is 708. The maximum atomic E-state index is 9.08. The fourth-order valence-electron chi connectivity index (χ4n) is 2.59. The van der Waals surface area contributed by atoms with E-state index < -0.39 is 0 Å². The highest BCUT2D eigenvalue weighted by Crippen LogP contribution is 2.37. The van der Waals surface area contributed by atoms with Crippen LogP contribution >= 0.6 is 11.6 Å². The third-order valence-corrected chi connectivity index (χ3v) is 4.06. The highest BCUT2D eigenvalue weighted by molar-refractivity contribution is 6.31. The van der Waals surface area contributed by atoms with Crippen molar-refractivity contribution < 1.29 is 4.74 Å². The molecule has 0 saturated carbocycles. The summed E-state index contributed by atoms with van der Waals surface area (Å²) in [5.74, 6) is 1.25. The van der Waals surface area contributed by atoms with Gasteiger partial charge in [0.2, 0.25) is 0 Å². The predicted octanol–water partition coefficient (Wildman–Crippen LogP) is 4.39. The molecule has 0 amide bonds. The van der Waals surface area contributed by atoms with Crippen molar-refractivity contribution in [1.29, 1.82) is 5.26 Å². The van der Waals surface area contributed by atoms with Gasteiger partial charge < -0.3 is 10.1 Å². The van der Waals surface area contributed by atoms with Crippen LogP contribution in [-0.2, 0) is 0 Å². The molecule has 2 unspecified atom stereocenters. The molecule has 0 radical (unpaired) electrons.